The second-order valence-electron chi connectivity index (χ2n) is 5.51. The molecule has 0 aliphatic carbocycles. The topological polar surface area (TPSA) is 114 Å². The van der Waals surface area contributed by atoms with Gasteiger partial charge in [0, 0.05) is 5.56 Å². The van der Waals surface area contributed by atoms with Gasteiger partial charge in [0.2, 0.25) is 17.4 Å². The highest BCUT2D eigenvalue weighted by molar-refractivity contribution is 7.86. The summed E-state index contributed by atoms with van der Waals surface area (Å²) in [7, 11) is -1.34. The van der Waals surface area contributed by atoms with Crippen LogP contribution in [0.25, 0.3) is 0 Å². The summed E-state index contributed by atoms with van der Waals surface area (Å²) in [6.45, 7) is 0. The van der Waals surface area contributed by atoms with Gasteiger partial charge in [-0.05, 0) is 30.3 Å². The van der Waals surface area contributed by atoms with Crippen LogP contribution >= 0.6 is 0 Å². The van der Waals surface area contributed by atoms with E-state index in [2.05, 4.69) is 0 Å². The summed E-state index contributed by atoms with van der Waals surface area (Å²) in [6.07, 6.45) is -1.21. The smallest absolute Gasteiger partial charge is 0.339 e. The fourth-order valence-corrected chi connectivity index (χ4v) is 3.52. The Morgan fingerprint density at radius 1 is 1.04 bits per heavy atom. The van der Waals surface area contributed by atoms with Crippen molar-refractivity contribution in [3.05, 3.63) is 65.7 Å². The molecule has 0 saturated heterocycles. The fourth-order valence-electron chi connectivity index (χ4n) is 2.55. The summed E-state index contributed by atoms with van der Waals surface area (Å²) in [4.78, 5) is 12.6. The molecule has 0 aromatic heterocycles. The number of hydrogen-bond acceptors (Lipinski definition) is 8. The van der Waals surface area contributed by atoms with Crippen molar-refractivity contribution >= 4 is 15.9 Å². The summed E-state index contributed by atoms with van der Waals surface area (Å²) < 4.78 is 45.5. The molecule has 1 atom stereocenters. The maximum atomic E-state index is 12.7. The maximum Gasteiger partial charge on any atom is 0.339 e. The van der Waals surface area contributed by atoms with Gasteiger partial charge in [0.15, 0.2) is 6.10 Å². The normalized spacial score (nSPS) is 16.8. The van der Waals surface area contributed by atoms with Gasteiger partial charge in [0.1, 0.15) is 16.4 Å². The van der Waals surface area contributed by atoms with E-state index < -0.39 is 33.6 Å². The largest absolute Gasteiger partial charge is 0.497 e. The lowest BCUT2D eigenvalue weighted by Crippen LogP contribution is -2.15. The van der Waals surface area contributed by atoms with Crippen LogP contribution < -0.4 is 15.2 Å². The van der Waals surface area contributed by atoms with Crippen LogP contribution in [0.15, 0.2) is 65.1 Å². The van der Waals surface area contributed by atoms with Gasteiger partial charge in [-0.2, -0.15) is 8.42 Å². The van der Waals surface area contributed by atoms with Crippen molar-refractivity contribution in [1.82, 2.24) is 0 Å². The van der Waals surface area contributed by atoms with Crippen molar-refractivity contribution in [3.8, 4) is 11.5 Å². The Balaban J connectivity index is 1.92. The highest BCUT2D eigenvalue weighted by Gasteiger charge is 2.41. The van der Waals surface area contributed by atoms with E-state index in [0.29, 0.717) is 17.1 Å². The van der Waals surface area contributed by atoms with E-state index in [1.54, 1.807) is 24.3 Å². The molecule has 1 heterocycles. The number of methoxy groups -OCH3 is 2. The molecule has 0 amide bonds. The van der Waals surface area contributed by atoms with Crippen LogP contribution in [-0.4, -0.2) is 28.4 Å². The van der Waals surface area contributed by atoms with Crippen LogP contribution in [0.5, 0.6) is 11.5 Å². The summed E-state index contributed by atoms with van der Waals surface area (Å²) >= 11 is 0. The first-order chi connectivity index (χ1) is 12.9. The van der Waals surface area contributed by atoms with Crippen molar-refractivity contribution < 1.29 is 31.6 Å². The van der Waals surface area contributed by atoms with Crippen LogP contribution in [0.2, 0.25) is 0 Å². The van der Waals surface area contributed by atoms with E-state index in [4.69, 9.17) is 24.1 Å². The molecule has 8 nitrogen and oxygen atoms in total. The zero-order valence-electron chi connectivity index (χ0n) is 14.5. The summed E-state index contributed by atoms with van der Waals surface area (Å²) in [5.74, 6) is -0.914. The molecule has 3 rings (SSSR count). The molecule has 0 fully saturated rings. The lowest BCUT2D eigenvalue weighted by atomic mass is 10.0. The first-order valence-electron chi connectivity index (χ1n) is 7.79. The van der Waals surface area contributed by atoms with Crippen LogP contribution in [0.3, 0.4) is 0 Å². The first-order valence-corrected chi connectivity index (χ1v) is 9.20. The molecule has 9 heteroatoms. The minimum Gasteiger partial charge on any atom is -0.497 e. The monoisotopic (exact) mass is 391 g/mol. The molecule has 0 spiro atoms. The van der Waals surface area contributed by atoms with Crippen LogP contribution in [0, 0.1) is 0 Å². The minimum absolute atomic E-state index is 0.111. The van der Waals surface area contributed by atoms with Gasteiger partial charge in [-0.25, -0.2) is 0 Å². The third-order valence-electron chi connectivity index (χ3n) is 3.87. The third-order valence-corrected chi connectivity index (χ3v) is 5.11. The molecule has 2 aromatic carbocycles. The number of carbonyl (C=O) groups is 1. The van der Waals surface area contributed by atoms with Gasteiger partial charge < -0.3 is 24.1 Å². The molecule has 1 aliphatic heterocycles. The Bertz CT molecular complexity index is 1000. The van der Waals surface area contributed by atoms with E-state index in [9.17, 15) is 13.2 Å². The van der Waals surface area contributed by atoms with Crippen molar-refractivity contribution in [2.24, 2.45) is 5.73 Å². The number of nitrogens with two attached hydrogens (primary N) is 1. The van der Waals surface area contributed by atoms with Gasteiger partial charge in [-0.3, -0.25) is 4.79 Å². The van der Waals surface area contributed by atoms with Crippen molar-refractivity contribution in [2.75, 3.05) is 14.2 Å². The number of benzene rings is 2. The molecule has 0 saturated carbocycles. The van der Waals surface area contributed by atoms with E-state index in [1.165, 1.54) is 38.5 Å². The number of hydrogen-bond donors (Lipinski definition) is 1. The Kier molecular flexibility index (Phi) is 4.95. The van der Waals surface area contributed by atoms with Gasteiger partial charge >= 0.3 is 10.1 Å². The molecule has 2 aromatic rings. The quantitative estimate of drug-likeness (QED) is 0.743. The molecule has 1 aliphatic rings. The maximum absolute atomic E-state index is 12.7. The van der Waals surface area contributed by atoms with Crippen molar-refractivity contribution in [3.63, 3.8) is 0 Å². The lowest BCUT2D eigenvalue weighted by Gasteiger charge is -2.15. The van der Waals surface area contributed by atoms with Gasteiger partial charge in [0.25, 0.3) is 0 Å². The van der Waals surface area contributed by atoms with Crippen LogP contribution in [-0.2, 0) is 23.8 Å². The van der Waals surface area contributed by atoms with Crippen LogP contribution in [0.4, 0.5) is 0 Å². The average Bonchev–Trinajstić information content (AvgIpc) is 2.96. The molecular formula is C18H17NO7S. The van der Waals surface area contributed by atoms with Crippen LogP contribution in [0.1, 0.15) is 11.7 Å². The summed E-state index contributed by atoms with van der Waals surface area (Å²) in [5.41, 5.74) is 6.05. The molecule has 142 valence electrons. The van der Waals surface area contributed by atoms with E-state index in [1.807, 2.05) is 0 Å². The number of ether oxygens (including phenoxy) is 3. The van der Waals surface area contributed by atoms with Gasteiger partial charge in [-0.1, -0.05) is 18.2 Å². The predicted octanol–water partition coefficient (Wildman–Crippen LogP) is 1.88. The van der Waals surface area contributed by atoms with E-state index in [0.717, 1.165) is 0 Å². The zero-order chi connectivity index (χ0) is 19.6. The second kappa shape index (κ2) is 7.20. The Morgan fingerprint density at radius 2 is 1.74 bits per heavy atom. The van der Waals surface area contributed by atoms with Crippen molar-refractivity contribution in [2.45, 2.75) is 11.0 Å². The average molecular weight is 391 g/mol. The van der Waals surface area contributed by atoms with Gasteiger partial charge in [0.05, 0.1) is 14.2 Å². The van der Waals surface area contributed by atoms with Crippen molar-refractivity contribution in [1.29, 1.82) is 0 Å². The Hall–Kier alpha value is -3.20. The van der Waals surface area contributed by atoms with Gasteiger partial charge in [-0.15, -0.1) is 0 Å². The SMILES string of the molecule is COc1ccc(OC)c(C2OC(N)=C(OS(=O)(=O)c3ccccc3)C2=O)c1. The minimum atomic E-state index is -4.24. The Morgan fingerprint density at radius 3 is 2.37 bits per heavy atom. The number of ketones is 1. The fraction of sp³-hybridized carbons (Fsp3) is 0.167. The highest BCUT2D eigenvalue weighted by atomic mass is 32.2. The molecule has 27 heavy (non-hydrogen) atoms. The molecule has 1 unspecified atom stereocenters. The third kappa shape index (κ3) is 3.54. The summed E-state index contributed by atoms with van der Waals surface area (Å²) in [6, 6.07) is 12.2. The molecular weight excluding hydrogens is 374 g/mol. The standard InChI is InChI=1S/C18H17NO7S/c1-23-11-8-9-14(24-2)13(10-11)16-15(20)17(18(19)25-16)26-27(21,22)12-6-4-3-5-7-12/h3-10,16H,19H2,1-2H3. The molecule has 0 radical (unpaired) electrons. The Labute approximate surface area is 156 Å². The molecule has 0 bridgehead atoms. The number of Topliss-reactive ketones (excluding diaryl/α,β-unsaturated/α-hetero) is 1. The zero-order valence-corrected chi connectivity index (χ0v) is 15.4. The lowest BCUT2D eigenvalue weighted by molar-refractivity contribution is -0.123. The number of rotatable bonds is 6. The van der Waals surface area contributed by atoms with E-state index >= 15 is 0 Å². The molecule has 2 N–H and O–H groups in total. The summed E-state index contributed by atoms with van der Waals surface area (Å²) in [5, 5.41) is 0. The number of carbonyl (C=O) groups excluding carboxylic acids is 1. The van der Waals surface area contributed by atoms with E-state index in [-0.39, 0.29) is 4.90 Å². The predicted molar refractivity (Wildman–Crippen MR) is 94.3 cm³/mol. The second-order valence-corrected chi connectivity index (χ2v) is 7.06. The highest BCUT2D eigenvalue weighted by Crippen LogP contribution is 2.38. The first kappa shape index (κ1) is 18.6.